The van der Waals surface area contributed by atoms with E-state index in [4.69, 9.17) is 9.47 Å². The fraction of sp³-hybridized carbons (Fsp3) is 0.308. The summed E-state index contributed by atoms with van der Waals surface area (Å²) in [5.41, 5.74) is 1.76. The van der Waals surface area contributed by atoms with E-state index in [1.165, 1.54) is 12.1 Å². The van der Waals surface area contributed by atoms with E-state index in [-0.39, 0.29) is 18.2 Å². The lowest BCUT2D eigenvalue weighted by molar-refractivity contribution is 0.0332. The van der Waals surface area contributed by atoms with Crippen LogP contribution in [0.5, 0.6) is 5.75 Å². The van der Waals surface area contributed by atoms with E-state index in [9.17, 15) is 8.78 Å². The second kappa shape index (κ2) is 9.97. The molecule has 0 spiro atoms. The first kappa shape index (κ1) is 23.2. The Morgan fingerprint density at radius 1 is 1.06 bits per heavy atom. The summed E-state index contributed by atoms with van der Waals surface area (Å²) in [4.78, 5) is 10.9. The van der Waals surface area contributed by atoms with Crippen LogP contribution >= 0.6 is 0 Å². The number of rotatable bonds is 7. The van der Waals surface area contributed by atoms with E-state index in [0.29, 0.717) is 43.6 Å². The third kappa shape index (κ3) is 5.26. The minimum absolute atomic E-state index is 0.0639. The molecule has 35 heavy (non-hydrogen) atoms. The summed E-state index contributed by atoms with van der Waals surface area (Å²) in [5, 5.41) is 3.93. The number of hydrogen-bond acceptors (Lipinski definition) is 6. The van der Waals surface area contributed by atoms with Crippen molar-refractivity contribution in [2.24, 2.45) is 0 Å². The molecule has 1 aliphatic rings. The van der Waals surface area contributed by atoms with Gasteiger partial charge in [-0.25, -0.2) is 13.8 Å². The van der Waals surface area contributed by atoms with E-state index < -0.39 is 11.6 Å². The molecule has 0 saturated carbocycles. The van der Waals surface area contributed by atoms with Crippen LogP contribution in [0, 0.1) is 11.6 Å². The summed E-state index contributed by atoms with van der Waals surface area (Å²) in [7, 11) is 0. The highest BCUT2D eigenvalue weighted by Crippen LogP contribution is 2.25. The number of aromatic nitrogens is 3. The average Bonchev–Trinajstić information content (AvgIpc) is 3.26. The Balaban J connectivity index is 1.39. The molecule has 2 aromatic carbocycles. The highest BCUT2D eigenvalue weighted by Gasteiger charge is 2.18. The van der Waals surface area contributed by atoms with Crippen LogP contribution in [0.3, 0.4) is 0 Å². The Labute approximate surface area is 202 Å². The number of ether oxygens (including phenoxy) is 2. The summed E-state index contributed by atoms with van der Waals surface area (Å²) in [6, 6.07) is 12.0. The van der Waals surface area contributed by atoms with Gasteiger partial charge in [0, 0.05) is 48.7 Å². The first-order valence-electron chi connectivity index (χ1n) is 11.6. The van der Waals surface area contributed by atoms with Gasteiger partial charge >= 0.3 is 0 Å². The molecular weight excluding hydrogens is 452 g/mol. The van der Waals surface area contributed by atoms with E-state index in [1.54, 1.807) is 17.0 Å². The van der Waals surface area contributed by atoms with Gasteiger partial charge < -0.3 is 19.4 Å². The number of fused-ring (bicyclic) bond motifs is 1. The summed E-state index contributed by atoms with van der Waals surface area (Å²) >= 11 is 0. The van der Waals surface area contributed by atoms with E-state index in [2.05, 4.69) is 15.3 Å². The van der Waals surface area contributed by atoms with Crippen LogP contribution in [0.25, 0.3) is 16.7 Å². The summed E-state index contributed by atoms with van der Waals surface area (Å²) < 4.78 is 42.6. The molecule has 2 aromatic heterocycles. The van der Waals surface area contributed by atoms with Crippen molar-refractivity contribution in [2.45, 2.75) is 26.5 Å². The quantitative estimate of drug-likeness (QED) is 0.400. The highest BCUT2D eigenvalue weighted by molar-refractivity contribution is 5.78. The zero-order valence-electron chi connectivity index (χ0n) is 19.7. The van der Waals surface area contributed by atoms with Crippen molar-refractivity contribution < 1.29 is 18.3 Å². The summed E-state index contributed by atoms with van der Waals surface area (Å²) in [6.07, 6.45) is 3.50. The van der Waals surface area contributed by atoms with E-state index >= 15 is 0 Å². The van der Waals surface area contributed by atoms with E-state index in [0.717, 1.165) is 16.8 Å². The molecule has 3 heterocycles. The van der Waals surface area contributed by atoms with Crippen molar-refractivity contribution in [3.63, 3.8) is 0 Å². The molecular formula is C26H27F2N5O2. The number of hydrogen-bond donors (Lipinski definition) is 1. The molecule has 1 saturated heterocycles. The third-order valence-corrected chi connectivity index (χ3v) is 5.80. The molecule has 0 atom stereocenters. The van der Waals surface area contributed by atoms with Crippen molar-refractivity contribution in [3.8, 4) is 11.4 Å². The molecule has 7 nitrogen and oxygen atoms in total. The third-order valence-electron chi connectivity index (χ3n) is 5.80. The molecule has 4 aromatic rings. The van der Waals surface area contributed by atoms with Crippen molar-refractivity contribution in [3.05, 3.63) is 72.1 Å². The van der Waals surface area contributed by atoms with Gasteiger partial charge in [-0.3, -0.25) is 4.90 Å². The van der Waals surface area contributed by atoms with Gasteiger partial charge in [-0.15, -0.1) is 0 Å². The first-order chi connectivity index (χ1) is 17.0. The molecule has 5 rings (SSSR count). The zero-order valence-corrected chi connectivity index (χ0v) is 19.7. The molecule has 0 bridgehead atoms. The van der Waals surface area contributed by atoms with Crippen molar-refractivity contribution in [1.29, 1.82) is 0 Å². The lowest BCUT2D eigenvalue weighted by atomic mass is 10.1. The lowest BCUT2D eigenvalue weighted by Crippen LogP contribution is -2.36. The minimum Gasteiger partial charge on any atom is -0.491 e. The fourth-order valence-corrected chi connectivity index (χ4v) is 4.07. The monoisotopic (exact) mass is 479 g/mol. The van der Waals surface area contributed by atoms with Gasteiger partial charge in [0.1, 0.15) is 23.0 Å². The number of nitrogens with zero attached hydrogens (tertiary/aromatic N) is 4. The fourth-order valence-electron chi connectivity index (χ4n) is 4.07. The molecule has 0 radical (unpaired) electrons. The van der Waals surface area contributed by atoms with Crippen LogP contribution in [0.1, 0.15) is 19.4 Å². The molecule has 0 amide bonds. The molecule has 182 valence electrons. The van der Waals surface area contributed by atoms with Gasteiger partial charge in [-0.1, -0.05) is 0 Å². The SMILES string of the molecule is CC(C)Oc1ccc(Nc2ncc3ccn(-c4cc(F)c(CN5CCOCC5)c(F)c4)c3n2)cc1. The van der Waals surface area contributed by atoms with Gasteiger partial charge in [-0.2, -0.15) is 4.98 Å². The zero-order chi connectivity index (χ0) is 24.4. The summed E-state index contributed by atoms with van der Waals surface area (Å²) in [5.74, 6) is -0.00863. The van der Waals surface area contributed by atoms with Crippen molar-refractivity contribution in [1.82, 2.24) is 19.4 Å². The maximum Gasteiger partial charge on any atom is 0.229 e. The molecule has 9 heteroatoms. The van der Waals surface area contributed by atoms with Crippen LogP contribution in [-0.4, -0.2) is 51.8 Å². The van der Waals surface area contributed by atoms with Gasteiger partial charge in [0.2, 0.25) is 5.95 Å². The molecule has 0 unspecified atom stereocenters. The Bertz CT molecular complexity index is 1290. The van der Waals surface area contributed by atoms with Crippen LogP contribution in [0.15, 0.2) is 54.9 Å². The van der Waals surface area contributed by atoms with Crippen LogP contribution in [0.4, 0.5) is 20.4 Å². The van der Waals surface area contributed by atoms with Crippen molar-refractivity contribution in [2.75, 3.05) is 31.6 Å². The number of morpholine rings is 1. The van der Waals surface area contributed by atoms with Crippen molar-refractivity contribution >= 4 is 22.7 Å². The van der Waals surface area contributed by atoms with Crippen LogP contribution in [-0.2, 0) is 11.3 Å². The second-order valence-corrected chi connectivity index (χ2v) is 8.75. The normalized spacial score (nSPS) is 14.5. The topological polar surface area (TPSA) is 64.4 Å². The predicted molar refractivity (Wildman–Crippen MR) is 130 cm³/mol. The van der Waals surface area contributed by atoms with E-state index in [1.807, 2.05) is 49.1 Å². The molecule has 1 N–H and O–H groups in total. The number of halogens is 2. The maximum absolute atomic E-state index is 15.0. The van der Waals surface area contributed by atoms with Gasteiger partial charge in [0.05, 0.1) is 25.0 Å². The Morgan fingerprint density at radius 2 is 1.77 bits per heavy atom. The maximum atomic E-state index is 15.0. The lowest BCUT2D eigenvalue weighted by Gasteiger charge is -2.27. The number of nitrogens with one attached hydrogen (secondary N) is 1. The smallest absolute Gasteiger partial charge is 0.229 e. The molecule has 1 fully saturated rings. The first-order valence-corrected chi connectivity index (χ1v) is 11.6. The van der Waals surface area contributed by atoms with Crippen LogP contribution < -0.4 is 10.1 Å². The predicted octanol–water partition coefficient (Wildman–Crippen LogP) is 5.06. The van der Waals surface area contributed by atoms with Gasteiger partial charge in [0.15, 0.2) is 0 Å². The molecule has 1 aliphatic heterocycles. The molecule has 0 aliphatic carbocycles. The Hall–Kier alpha value is -3.56. The Kier molecular flexibility index (Phi) is 6.61. The second-order valence-electron chi connectivity index (χ2n) is 8.75. The largest absolute Gasteiger partial charge is 0.491 e. The summed E-state index contributed by atoms with van der Waals surface area (Å²) in [6.45, 7) is 6.61. The minimum atomic E-state index is -0.579. The highest BCUT2D eigenvalue weighted by atomic mass is 19.1. The number of benzene rings is 2. The van der Waals surface area contributed by atoms with Gasteiger partial charge in [-0.05, 0) is 56.3 Å². The number of anilines is 2. The van der Waals surface area contributed by atoms with Gasteiger partial charge in [0.25, 0.3) is 0 Å². The van der Waals surface area contributed by atoms with Crippen LogP contribution in [0.2, 0.25) is 0 Å². The Morgan fingerprint density at radius 3 is 2.46 bits per heavy atom. The standard InChI is InChI=1S/C26H27F2N5O2/c1-17(2)35-21-5-3-19(4-6-21)30-26-29-15-18-7-8-33(25(18)31-26)20-13-23(27)22(24(28)14-20)16-32-9-11-34-12-10-32/h3-8,13-15,17H,9-12,16H2,1-2H3,(H,29,30,31). The average molecular weight is 480 g/mol.